The second-order valence-electron chi connectivity index (χ2n) is 10.7. The van der Waals surface area contributed by atoms with Crippen molar-refractivity contribution in [2.45, 2.75) is 51.4 Å². The lowest BCUT2D eigenvalue weighted by Gasteiger charge is -2.35. The van der Waals surface area contributed by atoms with E-state index in [0.29, 0.717) is 49.0 Å². The third-order valence-electron chi connectivity index (χ3n) is 8.19. The summed E-state index contributed by atoms with van der Waals surface area (Å²) in [5.74, 6) is 0.474. The summed E-state index contributed by atoms with van der Waals surface area (Å²) in [7, 11) is 0. The molecule has 9 heteroatoms. The van der Waals surface area contributed by atoms with Gasteiger partial charge in [-0.25, -0.2) is 4.98 Å². The first kappa shape index (κ1) is 25.4. The molecule has 1 aliphatic carbocycles. The van der Waals surface area contributed by atoms with Crippen LogP contribution < -0.4 is 5.73 Å². The van der Waals surface area contributed by atoms with Crippen LogP contribution in [0, 0.1) is 5.92 Å². The number of ether oxygens (including phenoxy) is 1. The van der Waals surface area contributed by atoms with Crippen LogP contribution in [0.3, 0.4) is 0 Å². The Bertz CT molecular complexity index is 1460. The van der Waals surface area contributed by atoms with E-state index in [2.05, 4.69) is 23.3 Å². The molecule has 0 spiro atoms. The van der Waals surface area contributed by atoms with Crippen LogP contribution in [0.1, 0.15) is 73.1 Å². The van der Waals surface area contributed by atoms with E-state index in [4.69, 9.17) is 20.4 Å². The summed E-state index contributed by atoms with van der Waals surface area (Å²) in [5, 5.41) is 4.49. The van der Waals surface area contributed by atoms with Gasteiger partial charge in [-0.1, -0.05) is 24.3 Å². The van der Waals surface area contributed by atoms with Gasteiger partial charge in [-0.15, -0.1) is 0 Å². The van der Waals surface area contributed by atoms with E-state index in [-0.39, 0.29) is 23.5 Å². The highest BCUT2D eigenvalue weighted by Crippen LogP contribution is 2.35. The van der Waals surface area contributed by atoms with Crippen molar-refractivity contribution < 1.29 is 14.3 Å². The van der Waals surface area contributed by atoms with E-state index < -0.39 is 0 Å². The number of fused-ring (bicyclic) bond motifs is 1. The van der Waals surface area contributed by atoms with Crippen LogP contribution in [0.25, 0.3) is 22.3 Å². The maximum Gasteiger partial charge on any atom is 0.225 e. The van der Waals surface area contributed by atoms with Crippen molar-refractivity contribution in [2.24, 2.45) is 5.92 Å². The van der Waals surface area contributed by atoms with E-state index in [1.807, 2.05) is 23.2 Å². The van der Waals surface area contributed by atoms with Gasteiger partial charge in [-0.05, 0) is 57.1 Å². The number of pyridine rings is 1. The number of allylic oxidation sites excluding steroid dienone is 4. The Hall–Kier alpha value is -3.85. The van der Waals surface area contributed by atoms with E-state index in [1.54, 1.807) is 10.7 Å². The number of ketones is 1. The number of anilines is 1. The lowest BCUT2D eigenvalue weighted by Crippen LogP contribution is -2.43. The number of carbonyl (C=O) groups excluding carboxylic acids is 2. The average Bonchev–Trinajstić information content (AvgIpc) is 3.42. The van der Waals surface area contributed by atoms with Crippen molar-refractivity contribution >= 4 is 28.7 Å². The van der Waals surface area contributed by atoms with Gasteiger partial charge in [-0.2, -0.15) is 9.61 Å². The molecule has 3 aliphatic rings. The van der Waals surface area contributed by atoms with E-state index >= 15 is 0 Å². The summed E-state index contributed by atoms with van der Waals surface area (Å²) in [4.78, 5) is 37.5. The van der Waals surface area contributed by atoms with Crippen LogP contribution in [0.5, 0.6) is 0 Å². The van der Waals surface area contributed by atoms with Crippen LogP contribution in [0.2, 0.25) is 0 Å². The Morgan fingerprint density at radius 2 is 1.85 bits per heavy atom. The van der Waals surface area contributed by atoms with Crippen molar-refractivity contribution in [3.05, 3.63) is 59.7 Å². The highest BCUT2D eigenvalue weighted by atomic mass is 16.5. The average molecular weight is 527 g/mol. The number of likely N-dealkylation sites (tertiary alicyclic amines) is 1. The van der Waals surface area contributed by atoms with Gasteiger partial charge in [0.1, 0.15) is 5.82 Å². The molecule has 0 bridgehead atoms. The van der Waals surface area contributed by atoms with E-state index in [1.165, 1.54) is 6.92 Å². The Morgan fingerprint density at radius 3 is 2.51 bits per heavy atom. The number of nitrogen functional groups attached to an aromatic ring is 1. The summed E-state index contributed by atoms with van der Waals surface area (Å²) in [6.07, 6.45) is 15.2. The van der Waals surface area contributed by atoms with Gasteiger partial charge in [0.2, 0.25) is 5.91 Å². The van der Waals surface area contributed by atoms with Crippen molar-refractivity contribution in [3.63, 3.8) is 0 Å². The summed E-state index contributed by atoms with van der Waals surface area (Å²) >= 11 is 0. The van der Waals surface area contributed by atoms with Gasteiger partial charge in [0.05, 0.1) is 23.1 Å². The van der Waals surface area contributed by atoms with Crippen molar-refractivity contribution in [2.75, 3.05) is 32.0 Å². The molecule has 39 heavy (non-hydrogen) atoms. The Morgan fingerprint density at radius 1 is 1.05 bits per heavy atom. The summed E-state index contributed by atoms with van der Waals surface area (Å²) in [5.41, 5.74) is 12.1. The number of amides is 1. The Balaban J connectivity index is 1.29. The fraction of sp³-hybridized carbons (Fsp3) is 0.433. The molecular weight excluding hydrogens is 492 g/mol. The van der Waals surface area contributed by atoms with Gasteiger partial charge >= 0.3 is 0 Å². The molecular formula is C30H34N6O3. The number of aromatic nitrogens is 4. The number of carbonyl (C=O) groups is 2. The van der Waals surface area contributed by atoms with Gasteiger partial charge in [-0.3, -0.25) is 14.6 Å². The smallest absolute Gasteiger partial charge is 0.225 e. The Kier molecular flexibility index (Phi) is 6.99. The maximum atomic E-state index is 13.0. The third-order valence-corrected chi connectivity index (χ3v) is 8.19. The minimum absolute atomic E-state index is 0.0308. The number of nitrogens with zero attached hydrogens (tertiary/aromatic N) is 5. The second-order valence-corrected chi connectivity index (χ2v) is 10.7. The maximum absolute atomic E-state index is 13.0. The van der Waals surface area contributed by atoms with Gasteiger partial charge in [0, 0.05) is 55.5 Å². The van der Waals surface area contributed by atoms with Crippen LogP contribution in [-0.4, -0.2) is 62.5 Å². The standard InChI is InChI=1S/C30H34N6O3/c1-19(37)26-27(21-9-13-35(14-10-21)30(38)22-11-15-39-16-12-22)34-29-24(18-33-36(29)28(26)31)23-7-8-25(32-17-23)20-5-3-2-4-6-20/h3,5-8,17-18,21-22H,2,4,9-16,31H2,1H3. The fourth-order valence-corrected chi connectivity index (χ4v) is 6.00. The zero-order chi connectivity index (χ0) is 26.9. The molecule has 2 N–H and O–H groups in total. The van der Waals surface area contributed by atoms with Crippen LogP contribution in [0.15, 0.2) is 42.8 Å². The van der Waals surface area contributed by atoms with E-state index in [0.717, 1.165) is 60.9 Å². The summed E-state index contributed by atoms with van der Waals surface area (Å²) in [6, 6.07) is 4.04. The zero-order valence-corrected chi connectivity index (χ0v) is 22.3. The molecule has 0 saturated carbocycles. The van der Waals surface area contributed by atoms with Crippen LogP contribution >= 0.6 is 0 Å². The quantitative estimate of drug-likeness (QED) is 0.489. The first-order valence-electron chi connectivity index (χ1n) is 13.9. The molecule has 0 aromatic carbocycles. The monoisotopic (exact) mass is 526 g/mol. The molecule has 2 fully saturated rings. The first-order valence-corrected chi connectivity index (χ1v) is 13.9. The van der Waals surface area contributed by atoms with Crippen molar-refractivity contribution in [1.29, 1.82) is 0 Å². The summed E-state index contributed by atoms with van der Waals surface area (Å²) in [6.45, 7) is 4.12. The summed E-state index contributed by atoms with van der Waals surface area (Å²) < 4.78 is 6.98. The number of hydrogen-bond acceptors (Lipinski definition) is 7. The first-order chi connectivity index (χ1) is 19.0. The number of Topliss-reactive ketones (excluding diaryl/α,β-unsaturated/α-hetero) is 1. The topological polar surface area (TPSA) is 116 Å². The zero-order valence-electron chi connectivity index (χ0n) is 22.3. The molecule has 0 unspecified atom stereocenters. The molecule has 0 radical (unpaired) electrons. The van der Waals surface area contributed by atoms with Crippen molar-refractivity contribution in [1.82, 2.24) is 24.5 Å². The molecule has 3 aromatic heterocycles. The normalized spacial score (nSPS) is 18.9. The minimum atomic E-state index is -0.130. The molecule has 3 aromatic rings. The minimum Gasteiger partial charge on any atom is -0.383 e. The SMILES string of the molecule is CC(=O)c1c(C2CCN(C(=O)C3CCOCC3)CC2)nc2c(-c3ccc(C4=CCCC=C4)nc3)cnn2c1N. The number of nitrogens with two attached hydrogens (primary N) is 1. The number of piperidine rings is 1. The molecule has 0 atom stereocenters. The van der Waals surface area contributed by atoms with Crippen LogP contribution in [0.4, 0.5) is 5.82 Å². The molecule has 9 nitrogen and oxygen atoms in total. The third kappa shape index (κ3) is 4.87. The van der Waals surface area contributed by atoms with Crippen molar-refractivity contribution in [3.8, 4) is 11.1 Å². The molecule has 5 heterocycles. The highest BCUT2D eigenvalue weighted by Gasteiger charge is 2.33. The molecule has 202 valence electrons. The molecule has 1 amide bonds. The van der Waals surface area contributed by atoms with E-state index in [9.17, 15) is 9.59 Å². The molecule has 2 saturated heterocycles. The Labute approximate surface area is 227 Å². The fourth-order valence-electron chi connectivity index (χ4n) is 6.00. The van der Waals surface area contributed by atoms with Gasteiger partial charge in [0.15, 0.2) is 11.4 Å². The lowest BCUT2D eigenvalue weighted by molar-refractivity contribution is -0.139. The number of rotatable bonds is 5. The predicted octanol–water partition coefficient (Wildman–Crippen LogP) is 4.44. The van der Waals surface area contributed by atoms with Crippen LogP contribution in [-0.2, 0) is 9.53 Å². The van der Waals surface area contributed by atoms with Gasteiger partial charge in [0.25, 0.3) is 0 Å². The highest BCUT2D eigenvalue weighted by molar-refractivity contribution is 6.00. The lowest BCUT2D eigenvalue weighted by atomic mass is 9.88. The van der Waals surface area contributed by atoms with Gasteiger partial charge < -0.3 is 15.4 Å². The largest absolute Gasteiger partial charge is 0.383 e. The number of hydrogen-bond donors (Lipinski definition) is 1. The second kappa shape index (κ2) is 10.7. The molecule has 2 aliphatic heterocycles. The molecule has 6 rings (SSSR count). The predicted molar refractivity (Wildman–Crippen MR) is 149 cm³/mol.